The van der Waals surface area contributed by atoms with Crippen molar-refractivity contribution in [2.45, 2.75) is 13.0 Å². The van der Waals surface area contributed by atoms with Crippen LogP contribution in [0.3, 0.4) is 0 Å². The highest BCUT2D eigenvalue weighted by Crippen LogP contribution is 2.17. The van der Waals surface area contributed by atoms with Crippen LogP contribution >= 0.6 is 0 Å². The number of hydrogen-bond donors (Lipinski definition) is 2. The van der Waals surface area contributed by atoms with Crippen molar-refractivity contribution in [2.24, 2.45) is 17.4 Å². The fourth-order valence-electron chi connectivity index (χ4n) is 1.15. The van der Waals surface area contributed by atoms with Crippen LogP contribution in [0, 0.1) is 5.92 Å². The van der Waals surface area contributed by atoms with Crippen molar-refractivity contribution in [3.05, 3.63) is 35.9 Å². The standard InChI is InChI=1S/C10H16N2/c1-8(7-11)10(12)9-5-3-2-4-6-9/h2-6,8,10H,7,11-12H2,1H3/t8?,10-/m1/s1. The molecule has 1 unspecified atom stereocenters. The normalized spacial score (nSPS) is 15.6. The summed E-state index contributed by atoms with van der Waals surface area (Å²) in [5, 5.41) is 0. The van der Waals surface area contributed by atoms with Crippen LogP contribution in [0.25, 0.3) is 0 Å². The topological polar surface area (TPSA) is 52.0 Å². The predicted octanol–water partition coefficient (Wildman–Crippen LogP) is 1.28. The first-order valence-corrected chi connectivity index (χ1v) is 4.26. The highest BCUT2D eigenvalue weighted by atomic mass is 14.7. The van der Waals surface area contributed by atoms with E-state index in [0.717, 1.165) is 5.56 Å². The Balaban J connectivity index is 2.71. The molecule has 0 amide bonds. The zero-order chi connectivity index (χ0) is 8.97. The molecule has 0 aliphatic rings. The molecule has 1 aromatic carbocycles. The highest BCUT2D eigenvalue weighted by molar-refractivity contribution is 5.18. The Bertz CT molecular complexity index is 221. The van der Waals surface area contributed by atoms with Gasteiger partial charge in [-0.2, -0.15) is 0 Å². The SMILES string of the molecule is CC(CN)[C@@H](N)c1ccccc1. The molecule has 1 rings (SSSR count). The smallest absolute Gasteiger partial charge is 0.0332 e. The van der Waals surface area contributed by atoms with Gasteiger partial charge < -0.3 is 11.5 Å². The highest BCUT2D eigenvalue weighted by Gasteiger charge is 2.11. The van der Waals surface area contributed by atoms with Crippen LogP contribution in [-0.4, -0.2) is 6.54 Å². The molecule has 12 heavy (non-hydrogen) atoms. The molecular formula is C10H16N2. The first-order chi connectivity index (χ1) is 5.75. The summed E-state index contributed by atoms with van der Waals surface area (Å²) in [6.07, 6.45) is 0. The lowest BCUT2D eigenvalue weighted by Crippen LogP contribution is -2.25. The Hall–Kier alpha value is -0.860. The van der Waals surface area contributed by atoms with Crippen LogP contribution in [0.15, 0.2) is 30.3 Å². The van der Waals surface area contributed by atoms with Gasteiger partial charge in [0, 0.05) is 6.04 Å². The van der Waals surface area contributed by atoms with Gasteiger partial charge in [-0.25, -0.2) is 0 Å². The summed E-state index contributed by atoms with van der Waals surface area (Å²) in [6.45, 7) is 2.70. The molecule has 0 spiro atoms. The minimum atomic E-state index is 0.0659. The molecule has 2 nitrogen and oxygen atoms in total. The van der Waals surface area contributed by atoms with Gasteiger partial charge in [0.25, 0.3) is 0 Å². The molecule has 0 aromatic heterocycles. The monoisotopic (exact) mass is 164 g/mol. The molecule has 2 heteroatoms. The summed E-state index contributed by atoms with van der Waals surface area (Å²) in [4.78, 5) is 0. The Morgan fingerprint density at radius 1 is 1.25 bits per heavy atom. The van der Waals surface area contributed by atoms with Crippen LogP contribution in [0.4, 0.5) is 0 Å². The lowest BCUT2D eigenvalue weighted by molar-refractivity contribution is 0.481. The summed E-state index contributed by atoms with van der Waals surface area (Å²) >= 11 is 0. The van der Waals surface area contributed by atoms with Gasteiger partial charge in [0.2, 0.25) is 0 Å². The van der Waals surface area contributed by atoms with E-state index in [9.17, 15) is 0 Å². The molecule has 0 fully saturated rings. The van der Waals surface area contributed by atoms with Gasteiger partial charge in [-0.05, 0) is 18.0 Å². The lowest BCUT2D eigenvalue weighted by Gasteiger charge is -2.18. The second-order valence-corrected chi connectivity index (χ2v) is 3.15. The molecule has 0 bridgehead atoms. The summed E-state index contributed by atoms with van der Waals surface area (Å²) in [6, 6.07) is 10.1. The van der Waals surface area contributed by atoms with E-state index in [0.29, 0.717) is 12.5 Å². The van der Waals surface area contributed by atoms with Gasteiger partial charge in [-0.3, -0.25) is 0 Å². The van der Waals surface area contributed by atoms with E-state index in [1.807, 2.05) is 30.3 Å². The maximum atomic E-state index is 5.97. The van der Waals surface area contributed by atoms with Gasteiger partial charge in [0.15, 0.2) is 0 Å². The molecule has 4 N–H and O–H groups in total. The van der Waals surface area contributed by atoms with Gasteiger partial charge in [-0.1, -0.05) is 37.3 Å². The third-order valence-corrected chi connectivity index (χ3v) is 2.17. The van der Waals surface area contributed by atoms with E-state index in [2.05, 4.69) is 6.92 Å². The molecular weight excluding hydrogens is 148 g/mol. The third kappa shape index (κ3) is 2.06. The quantitative estimate of drug-likeness (QED) is 0.707. The zero-order valence-corrected chi connectivity index (χ0v) is 7.40. The van der Waals surface area contributed by atoms with Crippen molar-refractivity contribution < 1.29 is 0 Å². The van der Waals surface area contributed by atoms with Crippen LogP contribution in [0.1, 0.15) is 18.5 Å². The number of nitrogens with two attached hydrogens (primary N) is 2. The average Bonchev–Trinajstić information content (AvgIpc) is 2.17. The Kier molecular flexibility index (Phi) is 3.26. The lowest BCUT2D eigenvalue weighted by atomic mass is 9.96. The first kappa shape index (κ1) is 9.23. The van der Waals surface area contributed by atoms with E-state index < -0.39 is 0 Å². The zero-order valence-electron chi connectivity index (χ0n) is 7.40. The third-order valence-electron chi connectivity index (χ3n) is 2.17. The molecule has 0 aliphatic carbocycles. The number of rotatable bonds is 3. The second-order valence-electron chi connectivity index (χ2n) is 3.15. The average molecular weight is 164 g/mol. The van der Waals surface area contributed by atoms with E-state index in [1.54, 1.807) is 0 Å². The molecule has 0 aliphatic heterocycles. The number of hydrogen-bond acceptors (Lipinski definition) is 2. The van der Waals surface area contributed by atoms with Crippen LogP contribution < -0.4 is 11.5 Å². The fraction of sp³-hybridized carbons (Fsp3) is 0.400. The summed E-state index contributed by atoms with van der Waals surface area (Å²) < 4.78 is 0. The van der Waals surface area contributed by atoms with Crippen molar-refractivity contribution in [3.63, 3.8) is 0 Å². The van der Waals surface area contributed by atoms with Crippen LogP contribution in [-0.2, 0) is 0 Å². The molecule has 0 saturated heterocycles. The summed E-state index contributed by atoms with van der Waals surface area (Å²) in [7, 11) is 0. The molecule has 66 valence electrons. The van der Waals surface area contributed by atoms with Crippen LogP contribution in [0.2, 0.25) is 0 Å². The predicted molar refractivity (Wildman–Crippen MR) is 51.6 cm³/mol. The maximum Gasteiger partial charge on any atom is 0.0332 e. The van der Waals surface area contributed by atoms with Crippen molar-refractivity contribution in [1.82, 2.24) is 0 Å². The Morgan fingerprint density at radius 2 is 1.83 bits per heavy atom. The van der Waals surface area contributed by atoms with E-state index in [-0.39, 0.29) is 6.04 Å². The fourth-order valence-corrected chi connectivity index (χ4v) is 1.15. The van der Waals surface area contributed by atoms with Gasteiger partial charge >= 0.3 is 0 Å². The minimum Gasteiger partial charge on any atom is -0.330 e. The van der Waals surface area contributed by atoms with E-state index in [1.165, 1.54) is 0 Å². The van der Waals surface area contributed by atoms with Gasteiger partial charge in [0.05, 0.1) is 0 Å². The molecule has 1 aromatic rings. The maximum absolute atomic E-state index is 5.97. The summed E-state index contributed by atoms with van der Waals surface area (Å²) in [5.41, 5.74) is 12.7. The minimum absolute atomic E-state index is 0.0659. The Labute approximate surface area is 73.6 Å². The molecule has 0 heterocycles. The van der Waals surface area contributed by atoms with E-state index in [4.69, 9.17) is 11.5 Å². The van der Waals surface area contributed by atoms with Crippen molar-refractivity contribution in [3.8, 4) is 0 Å². The van der Waals surface area contributed by atoms with Crippen molar-refractivity contribution in [2.75, 3.05) is 6.54 Å². The Morgan fingerprint density at radius 3 is 2.33 bits per heavy atom. The number of benzene rings is 1. The molecule has 0 radical (unpaired) electrons. The largest absolute Gasteiger partial charge is 0.330 e. The molecule has 0 saturated carbocycles. The molecule has 2 atom stereocenters. The van der Waals surface area contributed by atoms with Gasteiger partial charge in [-0.15, -0.1) is 0 Å². The van der Waals surface area contributed by atoms with Crippen molar-refractivity contribution in [1.29, 1.82) is 0 Å². The first-order valence-electron chi connectivity index (χ1n) is 4.26. The second kappa shape index (κ2) is 4.24. The van der Waals surface area contributed by atoms with Gasteiger partial charge in [0.1, 0.15) is 0 Å². The van der Waals surface area contributed by atoms with E-state index >= 15 is 0 Å². The van der Waals surface area contributed by atoms with Crippen LogP contribution in [0.5, 0.6) is 0 Å². The van der Waals surface area contributed by atoms with Crippen molar-refractivity contribution >= 4 is 0 Å². The summed E-state index contributed by atoms with van der Waals surface area (Å²) in [5.74, 6) is 0.340.